The van der Waals surface area contributed by atoms with Crippen molar-refractivity contribution in [2.75, 3.05) is 0 Å². The second-order valence-electron chi connectivity index (χ2n) is 5.10. The minimum atomic E-state index is 0.765. The highest BCUT2D eigenvalue weighted by molar-refractivity contribution is 5.35. The van der Waals surface area contributed by atoms with E-state index in [4.69, 9.17) is 0 Å². The summed E-state index contributed by atoms with van der Waals surface area (Å²) in [5.41, 5.74) is 3.24. The molecule has 15 heavy (non-hydrogen) atoms. The fraction of sp³-hybridized carbons (Fsp3) is 0.600. The van der Waals surface area contributed by atoms with Gasteiger partial charge in [0.1, 0.15) is 0 Å². The highest BCUT2D eigenvalue weighted by Crippen LogP contribution is 2.42. The van der Waals surface area contributed by atoms with E-state index in [0.29, 0.717) is 0 Å². The van der Waals surface area contributed by atoms with E-state index in [9.17, 15) is 0 Å². The number of fused-ring (bicyclic) bond motifs is 1. The lowest BCUT2D eigenvalue weighted by molar-refractivity contribution is 0.379. The van der Waals surface area contributed by atoms with E-state index in [1.165, 1.54) is 19.3 Å². The van der Waals surface area contributed by atoms with Crippen LogP contribution in [0.4, 0.5) is 0 Å². The van der Waals surface area contributed by atoms with Crippen molar-refractivity contribution in [2.24, 2.45) is 5.92 Å². The fourth-order valence-corrected chi connectivity index (χ4v) is 2.91. The molecule has 1 aromatic rings. The van der Waals surface area contributed by atoms with E-state index in [1.807, 2.05) is 0 Å². The lowest BCUT2D eigenvalue weighted by Gasteiger charge is -2.33. The maximum absolute atomic E-state index is 2.40. The number of rotatable bonds is 2. The van der Waals surface area contributed by atoms with E-state index in [-0.39, 0.29) is 0 Å². The predicted molar refractivity (Wildman–Crippen MR) is 66.3 cm³/mol. The molecule has 1 aromatic carbocycles. The SMILES string of the molecule is CCC(C)C1CCC(C)c2ccccc21. The van der Waals surface area contributed by atoms with Crippen molar-refractivity contribution < 1.29 is 0 Å². The molecule has 0 heterocycles. The zero-order valence-corrected chi connectivity index (χ0v) is 10.2. The molecule has 2 rings (SSSR count). The molecule has 1 aliphatic carbocycles. The smallest absolute Gasteiger partial charge is 0.0133 e. The summed E-state index contributed by atoms with van der Waals surface area (Å²) in [5, 5.41) is 0. The molecule has 1 aliphatic rings. The molecule has 0 nitrogen and oxygen atoms in total. The van der Waals surface area contributed by atoms with Gasteiger partial charge in [0.15, 0.2) is 0 Å². The Balaban J connectivity index is 2.36. The summed E-state index contributed by atoms with van der Waals surface area (Å²) in [6.07, 6.45) is 4.05. The molecule has 0 heteroatoms. The van der Waals surface area contributed by atoms with Gasteiger partial charge in [-0.05, 0) is 41.7 Å². The molecule has 0 N–H and O–H groups in total. The largest absolute Gasteiger partial charge is 0.0651 e. The molecule has 0 spiro atoms. The van der Waals surface area contributed by atoms with Crippen LogP contribution in [0.3, 0.4) is 0 Å². The van der Waals surface area contributed by atoms with Gasteiger partial charge in [-0.1, -0.05) is 51.5 Å². The fourth-order valence-electron chi connectivity index (χ4n) is 2.91. The lowest BCUT2D eigenvalue weighted by Crippen LogP contribution is -2.17. The van der Waals surface area contributed by atoms with E-state index < -0.39 is 0 Å². The molecule has 0 bridgehead atoms. The summed E-state index contributed by atoms with van der Waals surface area (Å²) in [7, 11) is 0. The molecular formula is C15H22. The van der Waals surface area contributed by atoms with Crippen LogP contribution in [0.25, 0.3) is 0 Å². The number of hydrogen-bond acceptors (Lipinski definition) is 0. The van der Waals surface area contributed by atoms with Crippen LogP contribution < -0.4 is 0 Å². The minimum absolute atomic E-state index is 0.765. The van der Waals surface area contributed by atoms with Crippen LogP contribution in [-0.4, -0.2) is 0 Å². The van der Waals surface area contributed by atoms with Gasteiger partial charge in [0.2, 0.25) is 0 Å². The number of benzene rings is 1. The van der Waals surface area contributed by atoms with Crippen molar-refractivity contribution in [3.63, 3.8) is 0 Å². The molecule has 0 fully saturated rings. The summed E-state index contributed by atoms with van der Waals surface area (Å²) in [6.45, 7) is 7.08. The van der Waals surface area contributed by atoms with Crippen LogP contribution in [-0.2, 0) is 0 Å². The van der Waals surface area contributed by atoms with Gasteiger partial charge in [0, 0.05) is 0 Å². The van der Waals surface area contributed by atoms with Crippen LogP contribution in [0.5, 0.6) is 0 Å². The van der Waals surface area contributed by atoms with Crippen LogP contribution in [0.2, 0.25) is 0 Å². The van der Waals surface area contributed by atoms with E-state index in [2.05, 4.69) is 45.0 Å². The third-order valence-electron chi connectivity index (χ3n) is 4.17. The Morgan fingerprint density at radius 1 is 1.20 bits per heavy atom. The Bertz CT molecular complexity index is 327. The minimum Gasteiger partial charge on any atom is -0.0651 e. The Labute approximate surface area is 93.7 Å². The van der Waals surface area contributed by atoms with Crippen LogP contribution in [0.1, 0.15) is 63.0 Å². The summed E-state index contributed by atoms with van der Waals surface area (Å²) >= 11 is 0. The quantitative estimate of drug-likeness (QED) is 0.651. The van der Waals surface area contributed by atoms with Gasteiger partial charge < -0.3 is 0 Å². The third kappa shape index (κ3) is 1.95. The van der Waals surface area contributed by atoms with E-state index in [0.717, 1.165) is 17.8 Å². The molecule has 0 saturated carbocycles. The molecular weight excluding hydrogens is 180 g/mol. The van der Waals surface area contributed by atoms with Gasteiger partial charge in [-0.3, -0.25) is 0 Å². The molecule has 3 unspecified atom stereocenters. The Hall–Kier alpha value is -0.780. The van der Waals surface area contributed by atoms with Gasteiger partial charge in [0.05, 0.1) is 0 Å². The maximum Gasteiger partial charge on any atom is -0.0133 e. The van der Waals surface area contributed by atoms with Gasteiger partial charge in [-0.15, -0.1) is 0 Å². The maximum atomic E-state index is 2.40. The van der Waals surface area contributed by atoms with Crippen LogP contribution in [0.15, 0.2) is 24.3 Å². The van der Waals surface area contributed by atoms with Crippen molar-refractivity contribution in [2.45, 2.75) is 51.9 Å². The molecule has 3 atom stereocenters. The first-order valence-corrected chi connectivity index (χ1v) is 6.32. The Morgan fingerprint density at radius 3 is 2.53 bits per heavy atom. The highest BCUT2D eigenvalue weighted by atomic mass is 14.3. The van der Waals surface area contributed by atoms with Crippen molar-refractivity contribution in [3.8, 4) is 0 Å². The zero-order chi connectivity index (χ0) is 10.8. The monoisotopic (exact) mass is 202 g/mol. The first-order valence-electron chi connectivity index (χ1n) is 6.32. The molecule has 0 amide bonds. The van der Waals surface area contributed by atoms with Crippen molar-refractivity contribution in [1.29, 1.82) is 0 Å². The molecule has 82 valence electrons. The second kappa shape index (κ2) is 4.38. The second-order valence-corrected chi connectivity index (χ2v) is 5.10. The molecule has 0 saturated heterocycles. The Morgan fingerprint density at radius 2 is 1.87 bits per heavy atom. The van der Waals surface area contributed by atoms with Gasteiger partial charge in [0.25, 0.3) is 0 Å². The normalized spacial score (nSPS) is 27.1. The average Bonchev–Trinajstić information content (AvgIpc) is 2.29. The zero-order valence-electron chi connectivity index (χ0n) is 10.2. The summed E-state index contributed by atoms with van der Waals surface area (Å²) in [4.78, 5) is 0. The predicted octanol–water partition coefficient (Wildman–Crippen LogP) is 4.71. The summed E-state index contributed by atoms with van der Waals surface area (Å²) in [5.74, 6) is 2.41. The van der Waals surface area contributed by atoms with Gasteiger partial charge >= 0.3 is 0 Å². The Kier molecular flexibility index (Phi) is 3.14. The lowest BCUT2D eigenvalue weighted by atomic mass is 9.72. The topological polar surface area (TPSA) is 0 Å². The average molecular weight is 202 g/mol. The molecule has 0 aliphatic heterocycles. The summed E-state index contributed by atoms with van der Waals surface area (Å²) < 4.78 is 0. The highest BCUT2D eigenvalue weighted by Gasteiger charge is 2.27. The third-order valence-corrected chi connectivity index (χ3v) is 4.17. The van der Waals surface area contributed by atoms with Crippen molar-refractivity contribution in [3.05, 3.63) is 35.4 Å². The first kappa shape index (κ1) is 10.7. The molecule has 0 aromatic heterocycles. The number of hydrogen-bond donors (Lipinski definition) is 0. The molecule has 0 radical (unpaired) electrons. The van der Waals surface area contributed by atoms with Crippen LogP contribution in [0, 0.1) is 5.92 Å². The standard InChI is InChI=1S/C15H22/c1-4-11(2)14-10-9-12(3)13-7-5-6-8-15(13)14/h5-8,11-12,14H,4,9-10H2,1-3H3. The summed E-state index contributed by atoms with van der Waals surface area (Å²) in [6, 6.07) is 9.07. The first-order chi connectivity index (χ1) is 7.24. The van der Waals surface area contributed by atoms with E-state index in [1.54, 1.807) is 11.1 Å². The van der Waals surface area contributed by atoms with Gasteiger partial charge in [-0.25, -0.2) is 0 Å². The van der Waals surface area contributed by atoms with Crippen LogP contribution >= 0.6 is 0 Å². The van der Waals surface area contributed by atoms with E-state index >= 15 is 0 Å². The van der Waals surface area contributed by atoms with Crippen molar-refractivity contribution >= 4 is 0 Å². The van der Waals surface area contributed by atoms with Gasteiger partial charge in [-0.2, -0.15) is 0 Å². The van der Waals surface area contributed by atoms with Crippen molar-refractivity contribution in [1.82, 2.24) is 0 Å².